The van der Waals surface area contributed by atoms with Gasteiger partial charge in [0, 0.05) is 25.7 Å². The van der Waals surface area contributed by atoms with Crippen LogP contribution in [0.4, 0.5) is 8.78 Å². The van der Waals surface area contributed by atoms with E-state index in [1.165, 1.54) is 12.1 Å². The molecule has 1 heterocycles. The topological polar surface area (TPSA) is 24.1 Å². The highest BCUT2D eigenvalue weighted by Crippen LogP contribution is 2.16. The van der Waals surface area contributed by atoms with Crippen molar-refractivity contribution in [3.8, 4) is 0 Å². The van der Waals surface area contributed by atoms with Gasteiger partial charge in [-0.2, -0.15) is 0 Å². The van der Waals surface area contributed by atoms with Gasteiger partial charge in [0.1, 0.15) is 0 Å². The predicted octanol–water partition coefficient (Wildman–Crippen LogP) is 1.62. The molecule has 84 valence electrons. The molecule has 1 aliphatic heterocycles. The zero-order valence-electron chi connectivity index (χ0n) is 8.09. The largest absolute Gasteiger partial charge is 0.314 e. The van der Waals surface area contributed by atoms with E-state index in [9.17, 15) is 8.78 Å². The van der Waals surface area contributed by atoms with Crippen LogP contribution in [0.3, 0.4) is 0 Å². The van der Waals surface area contributed by atoms with Gasteiger partial charge in [-0.25, -0.2) is 8.78 Å². The average molecular weight is 235 g/mol. The summed E-state index contributed by atoms with van der Waals surface area (Å²) < 4.78 is 25.6. The minimum Gasteiger partial charge on any atom is -0.314 e. The molecule has 0 aliphatic carbocycles. The Balaban J connectivity index is 0.00000112. The van der Waals surface area contributed by atoms with Gasteiger partial charge >= 0.3 is 0 Å². The van der Waals surface area contributed by atoms with Gasteiger partial charge in [-0.3, -0.25) is 0 Å². The third kappa shape index (κ3) is 2.87. The van der Waals surface area contributed by atoms with Gasteiger partial charge in [-0.05, 0) is 17.7 Å². The number of nitrogens with one attached hydrogen (secondary N) is 2. The molecule has 1 aliphatic rings. The summed E-state index contributed by atoms with van der Waals surface area (Å²) in [6, 6.07) is 4.11. The summed E-state index contributed by atoms with van der Waals surface area (Å²) in [7, 11) is 0. The Hall–Kier alpha value is -0.710. The molecule has 0 spiro atoms. The van der Waals surface area contributed by atoms with Gasteiger partial charge in [-0.15, -0.1) is 12.4 Å². The second kappa shape index (κ2) is 5.39. The molecule has 1 saturated heterocycles. The molecule has 2 nitrogen and oxygen atoms in total. The van der Waals surface area contributed by atoms with Crippen molar-refractivity contribution >= 4 is 12.4 Å². The molecule has 1 aromatic carbocycles. The van der Waals surface area contributed by atoms with Gasteiger partial charge in [0.15, 0.2) is 11.6 Å². The molecule has 1 aromatic rings. The number of hydrogen-bond acceptors (Lipinski definition) is 2. The second-order valence-corrected chi connectivity index (χ2v) is 3.38. The molecule has 2 rings (SSSR count). The third-order valence-electron chi connectivity index (χ3n) is 2.39. The van der Waals surface area contributed by atoms with Crippen LogP contribution in [-0.2, 0) is 0 Å². The first-order chi connectivity index (χ1) is 6.77. The zero-order chi connectivity index (χ0) is 9.97. The van der Waals surface area contributed by atoms with Crippen LogP contribution in [0.1, 0.15) is 11.6 Å². The molecular formula is C10H13ClF2N2. The van der Waals surface area contributed by atoms with Crippen LogP contribution in [-0.4, -0.2) is 19.6 Å². The van der Waals surface area contributed by atoms with E-state index in [1.54, 1.807) is 6.07 Å². The molecular weight excluding hydrogens is 222 g/mol. The molecule has 0 aromatic heterocycles. The Bertz CT molecular complexity index is 327. The standard InChI is InChI=1S/C10H12F2N2.ClH/c11-8-2-1-7(5-9(8)12)10-6-13-3-4-14-10;/h1-2,5,10,13-14H,3-4,6H2;1H/t10-;/m1./s1. The van der Waals surface area contributed by atoms with Crippen molar-refractivity contribution in [3.63, 3.8) is 0 Å². The molecule has 15 heavy (non-hydrogen) atoms. The number of rotatable bonds is 1. The first kappa shape index (κ1) is 12.4. The maximum absolute atomic E-state index is 12.9. The van der Waals surface area contributed by atoms with E-state index >= 15 is 0 Å². The first-order valence-electron chi connectivity index (χ1n) is 4.66. The van der Waals surface area contributed by atoms with Gasteiger partial charge in [-0.1, -0.05) is 6.07 Å². The minimum absolute atomic E-state index is 0. The summed E-state index contributed by atoms with van der Waals surface area (Å²) in [6.07, 6.45) is 0. The van der Waals surface area contributed by atoms with Crippen molar-refractivity contribution in [3.05, 3.63) is 35.4 Å². The normalized spacial score (nSPS) is 20.8. The van der Waals surface area contributed by atoms with Crippen molar-refractivity contribution in [2.75, 3.05) is 19.6 Å². The van der Waals surface area contributed by atoms with Crippen molar-refractivity contribution < 1.29 is 8.78 Å². The molecule has 0 unspecified atom stereocenters. The van der Waals surface area contributed by atoms with Crippen LogP contribution >= 0.6 is 12.4 Å². The maximum atomic E-state index is 12.9. The third-order valence-corrected chi connectivity index (χ3v) is 2.39. The first-order valence-corrected chi connectivity index (χ1v) is 4.66. The van der Waals surface area contributed by atoms with Crippen LogP contribution < -0.4 is 10.6 Å². The second-order valence-electron chi connectivity index (χ2n) is 3.38. The van der Waals surface area contributed by atoms with E-state index in [4.69, 9.17) is 0 Å². The van der Waals surface area contributed by atoms with Crippen LogP contribution in [0, 0.1) is 11.6 Å². The van der Waals surface area contributed by atoms with E-state index in [-0.39, 0.29) is 18.4 Å². The minimum atomic E-state index is -0.794. The number of piperazine rings is 1. The van der Waals surface area contributed by atoms with Crippen LogP contribution in [0.2, 0.25) is 0 Å². The lowest BCUT2D eigenvalue weighted by Crippen LogP contribution is -2.42. The van der Waals surface area contributed by atoms with E-state index in [1.807, 2.05) is 0 Å². The summed E-state index contributed by atoms with van der Waals surface area (Å²) in [6.45, 7) is 2.52. The summed E-state index contributed by atoms with van der Waals surface area (Å²) in [5.74, 6) is -1.58. The Kier molecular flexibility index (Phi) is 4.45. The Labute approximate surface area is 93.5 Å². The van der Waals surface area contributed by atoms with Crippen molar-refractivity contribution in [2.45, 2.75) is 6.04 Å². The lowest BCUT2D eigenvalue weighted by atomic mass is 10.1. The van der Waals surface area contributed by atoms with E-state index in [2.05, 4.69) is 10.6 Å². The Morgan fingerprint density at radius 3 is 2.53 bits per heavy atom. The van der Waals surface area contributed by atoms with E-state index < -0.39 is 11.6 Å². The van der Waals surface area contributed by atoms with Gasteiger partial charge in [0.05, 0.1) is 0 Å². The fourth-order valence-electron chi connectivity index (χ4n) is 1.62. The average Bonchev–Trinajstić information content (AvgIpc) is 2.23. The van der Waals surface area contributed by atoms with Crippen molar-refractivity contribution in [1.29, 1.82) is 0 Å². The fourth-order valence-corrected chi connectivity index (χ4v) is 1.62. The molecule has 2 N–H and O–H groups in total. The number of hydrogen-bond donors (Lipinski definition) is 2. The molecule has 0 saturated carbocycles. The summed E-state index contributed by atoms with van der Waals surface area (Å²) >= 11 is 0. The lowest BCUT2D eigenvalue weighted by Gasteiger charge is -2.24. The quantitative estimate of drug-likeness (QED) is 0.772. The van der Waals surface area contributed by atoms with Crippen LogP contribution in [0.5, 0.6) is 0 Å². The molecule has 5 heteroatoms. The monoisotopic (exact) mass is 234 g/mol. The summed E-state index contributed by atoms with van der Waals surface area (Å²) in [5.41, 5.74) is 0.788. The molecule has 1 atom stereocenters. The molecule has 0 amide bonds. The maximum Gasteiger partial charge on any atom is 0.159 e. The van der Waals surface area contributed by atoms with E-state index in [0.29, 0.717) is 0 Å². The molecule has 0 radical (unpaired) electrons. The Morgan fingerprint density at radius 2 is 1.93 bits per heavy atom. The highest BCUT2D eigenvalue weighted by atomic mass is 35.5. The highest BCUT2D eigenvalue weighted by Gasteiger charge is 2.15. The molecule has 0 bridgehead atoms. The zero-order valence-corrected chi connectivity index (χ0v) is 8.91. The highest BCUT2D eigenvalue weighted by molar-refractivity contribution is 5.85. The van der Waals surface area contributed by atoms with Crippen molar-refractivity contribution in [1.82, 2.24) is 10.6 Å². The Morgan fingerprint density at radius 1 is 1.13 bits per heavy atom. The SMILES string of the molecule is Cl.Fc1ccc([C@H]2CNCCN2)cc1F. The van der Waals surface area contributed by atoms with Crippen LogP contribution in [0.25, 0.3) is 0 Å². The number of halogens is 3. The van der Waals surface area contributed by atoms with Gasteiger partial charge < -0.3 is 10.6 Å². The van der Waals surface area contributed by atoms with Gasteiger partial charge in [0.2, 0.25) is 0 Å². The molecule has 1 fully saturated rings. The van der Waals surface area contributed by atoms with Crippen LogP contribution in [0.15, 0.2) is 18.2 Å². The lowest BCUT2D eigenvalue weighted by molar-refractivity contribution is 0.426. The van der Waals surface area contributed by atoms with Crippen molar-refractivity contribution in [2.24, 2.45) is 0 Å². The predicted molar refractivity (Wildman–Crippen MR) is 57.2 cm³/mol. The fraction of sp³-hybridized carbons (Fsp3) is 0.400. The van der Waals surface area contributed by atoms with E-state index in [0.717, 1.165) is 25.2 Å². The van der Waals surface area contributed by atoms with Gasteiger partial charge in [0.25, 0.3) is 0 Å². The summed E-state index contributed by atoms with van der Waals surface area (Å²) in [5, 5.41) is 6.42. The smallest absolute Gasteiger partial charge is 0.159 e. The summed E-state index contributed by atoms with van der Waals surface area (Å²) in [4.78, 5) is 0. The number of benzene rings is 1.